The molecule has 3 N–H and O–H groups in total. The summed E-state index contributed by atoms with van der Waals surface area (Å²) in [5.74, 6) is 0.802. The van der Waals surface area contributed by atoms with Crippen LogP contribution in [0.15, 0.2) is 18.2 Å². The van der Waals surface area contributed by atoms with Gasteiger partial charge in [0.25, 0.3) is 0 Å². The Morgan fingerprint density at radius 3 is 2.61 bits per heavy atom. The first-order valence-corrected chi connectivity index (χ1v) is 5.57. The highest BCUT2D eigenvalue weighted by atomic mass is 35.5. The van der Waals surface area contributed by atoms with Crippen molar-refractivity contribution < 1.29 is 9.47 Å². The molecule has 5 nitrogen and oxygen atoms in total. The molecule has 0 bridgehead atoms. The molecule has 1 fully saturated rings. The van der Waals surface area contributed by atoms with Crippen LogP contribution in [0.3, 0.4) is 0 Å². The van der Waals surface area contributed by atoms with Crippen molar-refractivity contribution in [2.45, 2.75) is 0 Å². The lowest BCUT2D eigenvalue weighted by atomic mass is 10.1. The number of methoxy groups -OCH3 is 1. The molecule has 1 heterocycles. The third-order valence-electron chi connectivity index (χ3n) is 2.84. The van der Waals surface area contributed by atoms with E-state index in [1.807, 2.05) is 12.1 Å². The van der Waals surface area contributed by atoms with Crippen molar-refractivity contribution in [3.63, 3.8) is 0 Å². The zero-order chi connectivity index (χ0) is 12.3. The number of rotatable bonds is 3. The fourth-order valence-electron chi connectivity index (χ4n) is 1.91. The van der Waals surface area contributed by atoms with Crippen LogP contribution in [0, 0.1) is 5.41 Å². The molecule has 0 atom stereocenters. The quantitative estimate of drug-likeness (QED) is 0.641. The van der Waals surface area contributed by atoms with E-state index in [2.05, 4.69) is 4.90 Å². The fourth-order valence-corrected chi connectivity index (χ4v) is 1.91. The Bertz CT molecular complexity index is 420. The number of morpholine rings is 1. The second-order valence-electron chi connectivity index (χ2n) is 3.90. The molecule has 0 aliphatic carbocycles. The van der Waals surface area contributed by atoms with Crippen LogP contribution in [-0.2, 0) is 4.74 Å². The highest BCUT2D eigenvalue weighted by molar-refractivity contribution is 5.96. The van der Waals surface area contributed by atoms with Gasteiger partial charge < -0.3 is 20.1 Å². The Morgan fingerprint density at radius 2 is 2.06 bits per heavy atom. The minimum atomic E-state index is 0. The Kier molecular flexibility index (Phi) is 5.25. The summed E-state index contributed by atoms with van der Waals surface area (Å²) < 4.78 is 10.7. The summed E-state index contributed by atoms with van der Waals surface area (Å²) in [4.78, 5) is 2.21. The highest BCUT2D eigenvalue weighted by Gasteiger charge is 2.16. The van der Waals surface area contributed by atoms with Crippen LogP contribution >= 0.6 is 12.4 Å². The minimum absolute atomic E-state index is 0. The van der Waals surface area contributed by atoms with Crippen LogP contribution in [-0.4, -0.2) is 39.2 Å². The van der Waals surface area contributed by atoms with E-state index in [4.69, 9.17) is 20.6 Å². The first-order valence-electron chi connectivity index (χ1n) is 5.57. The van der Waals surface area contributed by atoms with Crippen molar-refractivity contribution in [1.29, 1.82) is 5.41 Å². The topological polar surface area (TPSA) is 71.6 Å². The van der Waals surface area contributed by atoms with E-state index in [1.165, 1.54) is 0 Å². The predicted octanol–water partition coefficient (Wildman–Crippen LogP) is 1.24. The lowest BCUT2D eigenvalue weighted by Crippen LogP contribution is -2.36. The SMILES string of the molecule is COc1cc(C(=N)N)ccc1N1CCOCC1.Cl. The maximum atomic E-state index is 7.41. The molecule has 1 aliphatic rings. The molecule has 0 unspecified atom stereocenters. The van der Waals surface area contributed by atoms with Crippen molar-refractivity contribution in [1.82, 2.24) is 0 Å². The third kappa shape index (κ3) is 3.05. The number of anilines is 1. The predicted molar refractivity (Wildman–Crippen MR) is 74.3 cm³/mol. The molecular formula is C12H18ClN3O2. The molecule has 2 rings (SSSR count). The molecule has 0 aromatic heterocycles. The summed E-state index contributed by atoms with van der Waals surface area (Å²) in [6.07, 6.45) is 0. The van der Waals surface area contributed by atoms with E-state index in [-0.39, 0.29) is 18.2 Å². The van der Waals surface area contributed by atoms with Crippen molar-refractivity contribution in [3.8, 4) is 5.75 Å². The summed E-state index contributed by atoms with van der Waals surface area (Å²) in [7, 11) is 1.63. The second-order valence-corrected chi connectivity index (χ2v) is 3.90. The Hall–Kier alpha value is -1.46. The highest BCUT2D eigenvalue weighted by Crippen LogP contribution is 2.29. The van der Waals surface area contributed by atoms with Crippen molar-refractivity contribution in [2.24, 2.45) is 5.73 Å². The first-order chi connectivity index (χ1) is 8.22. The zero-order valence-electron chi connectivity index (χ0n) is 10.3. The zero-order valence-corrected chi connectivity index (χ0v) is 11.1. The molecular weight excluding hydrogens is 254 g/mol. The molecule has 100 valence electrons. The fraction of sp³-hybridized carbons (Fsp3) is 0.417. The number of halogens is 1. The van der Waals surface area contributed by atoms with Gasteiger partial charge in [-0.05, 0) is 18.2 Å². The largest absolute Gasteiger partial charge is 0.495 e. The Labute approximate surface area is 113 Å². The van der Waals surface area contributed by atoms with E-state index in [0.29, 0.717) is 5.56 Å². The summed E-state index contributed by atoms with van der Waals surface area (Å²) >= 11 is 0. The maximum Gasteiger partial charge on any atom is 0.142 e. The molecule has 0 amide bonds. The van der Waals surface area contributed by atoms with Crippen LogP contribution in [0.4, 0.5) is 5.69 Å². The van der Waals surface area contributed by atoms with Crippen molar-refractivity contribution in [2.75, 3.05) is 38.3 Å². The van der Waals surface area contributed by atoms with Gasteiger partial charge >= 0.3 is 0 Å². The summed E-state index contributed by atoms with van der Waals surface area (Å²) in [6.45, 7) is 3.18. The van der Waals surface area contributed by atoms with Crippen LogP contribution < -0.4 is 15.4 Å². The van der Waals surface area contributed by atoms with Gasteiger partial charge in [0, 0.05) is 18.7 Å². The molecule has 0 saturated carbocycles. The average molecular weight is 272 g/mol. The van der Waals surface area contributed by atoms with Crippen LogP contribution in [0.1, 0.15) is 5.56 Å². The molecule has 18 heavy (non-hydrogen) atoms. The number of hydrogen-bond acceptors (Lipinski definition) is 4. The number of nitrogens with one attached hydrogen (secondary N) is 1. The first kappa shape index (κ1) is 14.6. The van der Waals surface area contributed by atoms with Gasteiger partial charge in [0.1, 0.15) is 11.6 Å². The molecule has 1 aromatic carbocycles. The van der Waals surface area contributed by atoms with Crippen LogP contribution in [0.2, 0.25) is 0 Å². The number of nitrogens with two attached hydrogens (primary N) is 1. The number of ether oxygens (including phenoxy) is 2. The number of nitrogen functional groups attached to an aromatic ring is 1. The van der Waals surface area contributed by atoms with Gasteiger partial charge in [0.15, 0.2) is 0 Å². The average Bonchev–Trinajstić information content (AvgIpc) is 2.39. The smallest absolute Gasteiger partial charge is 0.142 e. The second kappa shape index (κ2) is 6.47. The van der Waals surface area contributed by atoms with Crippen LogP contribution in [0.25, 0.3) is 0 Å². The van der Waals surface area contributed by atoms with E-state index >= 15 is 0 Å². The van der Waals surface area contributed by atoms with Gasteiger partial charge in [-0.2, -0.15) is 0 Å². The Balaban J connectivity index is 0.00000162. The van der Waals surface area contributed by atoms with E-state index in [9.17, 15) is 0 Å². The normalized spacial score (nSPS) is 14.8. The molecule has 1 aromatic rings. The Morgan fingerprint density at radius 1 is 1.39 bits per heavy atom. The van der Waals surface area contributed by atoms with Gasteiger partial charge in [-0.15, -0.1) is 12.4 Å². The standard InChI is InChI=1S/C12H17N3O2.ClH/c1-16-11-8-9(12(13)14)2-3-10(11)15-4-6-17-7-5-15;/h2-3,8H,4-7H2,1H3,(H3,13,14);1H. The van der Waals surface area contributed by atoms with Gasteiger partial charge in [-0.3, -0.25) is 5.41 Å². The van der Waals surface area contributed by atoms with E-state index < -0.39 is 0 Å². The molecule has 0 spiro atoms. The monoisotopic (exact) mass is 271 g/mol. The minimum Gasteiger partial charge on any atom is -0.495 e. The number of hydrogen-bond donors (Lipinski definition) is 2. The number of nitrogens with zero attached hydrogens (tertiary/aromatic N) is 1. The van der Waals surface area contributed by atoms with Crippen molar-refractivity contribution >= 4 is 23.9 Å². The number of benzene rings is 1. The van der Waals surface area contributed by atoms with Crippen molar-refractivity contribution in [3.05, 3.63) is 23.8 Å². The molecule has 6 heteroatoms. The van der Waals surface area contributed by atoms with Gasteiger partial charge in [0.2, 0.25) is 0 Å². The lowest BCUT2D eigenvalue weighted by molar-refractivity contribution is 0.122. The third-order valence-corrected chi connectivity index (χ3v) is 2.84. The van der Waals surface area contributed by atoms with E-state index in [0.717, 1.165) is 37.7 Å². The summed E-state index contributed by atoms with van der Waals surface area (Å²) in [5.41, 5.74) is 7.17. The van der Waals surface area contributed by atoms with Crippen LogP contribution in [0.5, 0.6) is 5.75 Å². The summed E-state index contributed by atoms with van der Waals surface area (Å²) in [5, 5.41) is 7.41. The number of amidine groups is 1. The van der Waals surface area contributed by atoms with Gasteiger partial charge in [0.05, 0.1) is 26.0 Å². The molecule has 0 radical (unpaired) electrons. The van der Waals surface area contributed by atoms with Gasteiger partial charge in [-0.25, -0.2) is 0 Å². The van der Waals surface area contributed by atoms with E-state index in [1.54, 1.807) is 13.2 Å². The maximum absolute atomic E-state index is 7.41. The molecule has 1 aliphatic heterocycles. The van der Waals surface area contributed by atoms with Gasteiger partial charge in [-0.1, -0.05) is 0 Å². The molecule has 1 saturated heterocycles. The lowest BCUT2D eigenvalue weighted by Gasteiger charge is -2.30. The summed E-state index contributed by atoms with van der Waals surface area (Å²) in [6, 6.07) is 5.59.